The van der Waals surface area contributed by atoms with E-state index in [1.165, 1.54) is 5.56 Å². The normalized spacial score (nSPS) is 15.8. The number of primary amides is 1. The highest BCUT2D eigenvalue weighted by atomic mass is 16.2. The van der Waals surface area contributed by atoms with Gasteiger partial charge in [-0.3, -0.25) is 4.79 Å². The molecular formula is C20H23N3O2. The molecule has 0 aliphatic heterocycles. The Bertz CT molecular complexity index is 727. The van der Waals surface area contributed by atoms with Gasteiger partial charge in [0.05, 0.1) is 0 Å². The third-order valence-corrected chi connectivity index (χ3v) is 4.76. The molecule has 5 nitrogen and oxygen atoms in total. The van der Waals surface area contributed by atoms with Gasteiger partial charge in [-0.25, -0.2) is 4.79 Å². The van der Waals surface area contributed by atoms with Crippen molar-refractivity contribution in [2.45, 2.75) is 30.7 Å². The van der Waals surface area contributed by atoms with E-state index in [9.17, 15) is 9.59 Å². The lowest BCUT2D eigenvalue weighted by Crippen LogP contribution is -2.51. The minimum absolute atomic E-state index is 0.0287. The van der Waals surface area contributed by atoms with Crippen LogP contribution in [-0.2, 0) is 16.6 Å². The maximum atomic E-state index is 12.6. The zero-order chi connectivity index (χ0) is 17.7. The van der Waals surface area contributed by atoms with Gasteiger partial charge in [0.2, 0.25) is 5.91 Å². The summed E-state index contributed by atoms with van der Waals surface area (Å²) >= 11 is 0. The molecule has 0 bridgehead atoms. The Kier molecular flexibility index (Phi) is 5.03. The van der Waals surface area contributed by atoms with Gasteiger partial charge in [0.15, 0.2) is 0 Å². The summed E-state index contributed by atoms with van der Waals surface area (Å²) in [5.41, 5.74) is 7.49. The van der Waals surface area contributed by atoms with Crippen molar-refractivity contribution in [3.05, 3.63) is 71.8 Å². The van der Waals surface area contributed by atoms with Crippen LogP contribution >= 0.6 is 0 Å². The molecule has 1 saturated carbocycles. The fourth-order valence-corrected chi connectivity index (χ4v) is 3.12. The van der Waals surface area contributed by atoms with Gasteiger partial charge in [-0.2, -0.15) is 0 Å². The van der Waals surface area contributed by atoms with E-state index in [1.54, 1.807) is 0 Å². The minimum atomic E-state index is -0.694. The first-order chi connectivity index (χ1) is 12.1. The quantitative estimate of drug-likeness (QED) is 0.723. The van der Waals surface area contributed by atoms with Crippen molar-refractivity contribution in [1.29, 1.82) is 0 Å². The van der Waals surface area contributed by atoms with Gasteiger partial charge >= 0.3 is 6.03 Å². The molecule has 1 atom stereocenters. The Balaban J connectivity index is 1.63. The van der Waals surface area contributed by atoms with Crippen LogP contribution in [0.15, 0.2) is 60.7 Å². The van der Waals surface area contributed by atoms with Crippen LogP contribution in [0.2, 0.25) is 0 Å². The maximum absolute atomic E-state index is 12.6. The van der Waals surface area contributed by atoms with Crippen molar-refractivity contribution < 1.29 is 9.59 Å². The largest absolute Gasteiger partial charge is 0.353 e. The predicted molar refractivity (Wildman–Crippen MR) is 97.0 cm³/mol. The lowest BCUT2D eigenvalue weighted by molar-refractivity contribution is -0.123. The molecule has 0 spiro atoms. The van der Waals surface area contributed by atoms with Crippen molar-refractivity contribution >= 4 is 11.9 Å². The van der Waals surface area contributed by atoms with Crippen LogP contribution in [0.25, 0.3) is 0 Å². The first-order valence-corrected chi connectivity index (χ1v) is 8.52. The average molecular weight is 337 g/mol. The van der Waals surface area contributed by atoms with Gasteiger partial charge in [0, 0.05) is 18.4 Å². The molecule has 0 unspecified atom stereocenters. The Hall–Kier alpha value is -2.82. The van der Waals surface area contributed by atoms with Gasteiger partial charge in [-0.1, -0.05) is 60.7 Å². The molecule has 1 fully saturated rings. The number of amides is 3. The standard InChI is InChI=1S/C20H23N3O2/c21-19(25)23-17(13-15-7-3-1-4-8-15)18(24)22-14-20(11-12-20)16-9-5-2-6-10-16/h1-10,17H,11-14H2,(H,22,24)(H3,21,23,25)/t17-/m1/s1. The molecule has 2 aromatic carbocycles. The maximum Gasteiger partial charge on any atom is 0.312 e. The van der Waals surface area contributed by atoms with Crippen LogP contribution in [0, 0.1) is 0 Å². The van der Waals surface area contributed by atoms with Gasteiger partial charge in [0.1, 0.15) is 6.04 Å². The monoisotopic (exact) mass is 337 g/mol. The number of hydrogen-bond donors (Lipinski definition) is 3. The van der Waals surface area contributed by atoms with Crippen molar-refractivity contribution in [2.24, 2.45) is 5.73 Å². The van der Waals surface area contributed by atoms with Gasteiger partial charge in [0.25, 0.3) is 0 Å². The second kappa shape index (κ2) is 7.38. The fourth-order valence-electron chi connectivity index (χ4n) is 3.12. The molecular weight excluding hydrogens is 314 g/mol. The van der Waals surface area contributed by atoms with Crippen molar-refractivity contribution in [3.63, 3.8) is 0 Å². The van der Waals surface area contributed by atoms with E-state index in [2.05, 4.69) is 22.8 Å². The Labute approximate surface area is 147 Å². The average Bonchev–Trinajstić information content (AvgIpc) is 3.42. The SMILES string of the molecule is NC(=O)N[C@H](Cc1ccccc1)C(=O)NCC1(c2ccccc2)CC1. The number of hydrogen-bond acceptors (Lipinski definition) is 2. The van der Waals surface area contributed by atoms with E-state index in [4.69, 9.17) is 5.73 Å². The third kappa shape index (κ3) is 4.38. The molecule has 4 N–H and O–H groups in total. The molecule has 0 aromatic heterocycles. The van der Waals surface area contributed by atoms with Gasteiger partial charge in [-0.15, -0.1) is 0 Å². The minimum Gasteiger partial charge on any atom is -0.353 e. The lowest BCUT2D eigenvalue weighted by Gasteiger charge is -2.21. The number of nitrogens with one attached hydrogen (secondary N) is 2. The first-order valence-electron chi connectivity index (χ1n) is 8.52. The highest BCUT2D eigenvalue weighted by Gasteiger charge is 2.44. The van der Waals surface area contributed by atoms with Crippen LogP contribution < -0.4 is 16.4 Å². The lowest BCUT2D eigenvalue weighted by atomic mass is 9.95. The van der Waals surface area contributed by atoms with Crippen LogP contribution in [0.3, 0.4) is 0 Å². The van der Waals surface area contributed by atoms with Crippen LogP contribution in [-0.4, -0.2) is 24.5 Å². The summed E-state index contributed by atoms with van der Waals surface area (Å²) in [6.45, 7) is 0.571. The Morgan fingerprint density at radius 1 is 1.00 bits per heavy atom. The molecule has 1 aliphatic rings. The number of nitrogens with two attached hydrogens (primary N) is 1. The molecule has 0 heterocycles. The second-order valence-corrected chi connectivity index (χ2v) is 6.62. The van der Waals surface area contributed by atoms with Crippen molar-refractivity contribution in [2.75, 3.05) is 6.54 Å². The highest BCUT2D eigenvalue weighted by molar-refractivity contribution is 5.86. The smallest absolute Gasteiger partial charge is 0.312 e. The summed E-state index contributed by atoms with van der Waals surface area (Å²) in [5, 5.41) is 5.55. The molecule has 5 heteroatoms. The van der Waals surface area contributed by atoms with E-state index >= 15 is 0 Å². The number of carbonyl (C=O) groups is 2. The number of carbonyl (C=O) groups excluding carboxylic acids is 2. The van der Waals surface area contributed by atoms with Gasteiger partial charge < -0.3 is 16.4 Å². The molecule has 25 heavy (non-hydrogen) atoms. The predicted octanol–water partition coefficient (Wildman–Crippen LogP) is 2.11. The summed E-state index contributed by atoms with van der Waals surface area (Å²) in [6, 6.07) is 18.4. The number of benzene rings is 2. The summed E-state index contributed by atoms with van der Waals surface area (Å²) < 4.78 is 0. The van der Waals surface area contributed by atoms with Crippen molar-refractivity contribution in [3.8, 4) is 0 Å². The number of rotatable bonds is 7. The Morgan fingerprint density at radius 2 is 1.60 bits per heavy atom. The summed E-state index contributed by atoms with van der Waals surface area (Å²) in [6.07, 6.45) is 2.53. The zero-order valence-electron chi connectivity index (χ0n) is 14.1. The molecule has 3 amide bonds. The molecule has 2 aromatic rings. The van der Waals surface area contributed by atoms with E-state index in [-0.39, 0.29) is 11.3 Å². The highest BCUT2D eigenvalue weighted by Crippen LogP contribution is 2.47. The fraction of sp³-hybridized carbons (Fsp3) is 0.300. The summed E-state index contributed by atoms with van der Waals surface area (Å²) in [4.78, 5) is 23.9. The van der Waals surface area contributed by atoms with Crippen LogP contribution in [0.4, 0.5) is 4.79 Å². The molecule has 0 saturated heterocycles. The van der Waals surface area contributed by atoms with E-state index < -0.39 is 12.1 Å². The molecule has 0 radical (unpaired) electrons. The van der Waals surface area contributed by atoms with Crippen molar-refractivity contribution in [1.82, 2.24) is 10.6 Å². The van der Waals surface area contributed by atoms with E-state index in [0.717, 1.165) is 18.4 Å². The topological polar surface area (TPSA) is 84.2 Å². The molecule has 130 valence electrons. The van der Waals surface area contributed by atoms with Crippen LogP contribution in [0.5, 0.6) is 0 Å². The molecule has 1 aliphatic carbocycles. The first kappa shape index (κ1) is 17.0. The third-order valence-electron chi connectivity index (χ3n) is 4.76. The summed E-state index contributed by atoms with van der Waals surface area (Å²) in [5.74, 6) is -0.204. The van der Waals surface area contributed by atoms with E-state index in [1.807, 2.05) is 48.5 Å². The zero-order valence-corrected chi connectivity index (χ0v) is 14.1. The number of urea groups is 1. The van der Waals surface area contributed by atoms with Crippen LogP contribution in [0.1, 0.15) is 24.0 Å². The Morgan fingerprint density at radius 3 is 2.16 bits per heavy atom. The second-order valence-electron chi connectivity index (χ2n) is 6.62. The summed E-state index contributed by atoms with van der Waals surface area (Å²) in [7, 11) is 0. The molecule has 3 rings (SSSR count). The van der Waals surface area contributed by atoms with E-state index in [0.29, 0.717) is 13.0 Å². The van der Waals surface area contributed by atoms with Gasteiger partial charge in [-0.05, 0) is 24.0 Å².